The Balaban J connectivity index is 1.84. The van der Waals surface area contributed by atoms with Gasteiger partial charge in [-0.2, -0.15) is 0 Å². The second-order valence-electron chi connectivity index (χ2n) is 4.99. The summed E-state index contributed by atoms with van der Waals surface area (Å²) in [6.07, 6.45) is 2.80. The Morgan fingerprint density at radius 2 is 2.05 bits per heavy atom. The van der Waals surface area contributed by atoms with Crippen molar-refractivity contribution >= 4 is 22.7 Å². The molecule has 0 radical (unpaired) electrons. The maximum atomic E-state index is 9.34. The normalized spacial score (nSPS) is 11.2. The molecule has 1 N–H and O–H groups in total. The monoisotopic (exact) mass is 314 g/mol. The summed E-state index contributed by atoms with van der Waals surface area (Å²) in [6, 6.07) is 10.2. The number of nitrogens with zero attached hydrogens (tertiary/aromatic N) is 4. The van der Waals surface area contributed by atoms with Gasteiger partial charge in [-0.3, -0.25) is 4.98 Å². The molecule has 3 aromatic rings. The second-order valence-corrected chi connectivity index (χ2v) is 5.93. The molecular weight excluding hydrogens is 296 g/mol. The van der Waals surface area contributed by atoms with Crippen molar-refractivity contribution in [3.05, 3.63) is 47.9 Å². The smallest absolute Gasteiger partial charge is 0.191 e. The zero-order valence-corrected chi connectivity index (χ0v) is 13.3. The van der Waals surface area contributed by atoms with Crippen LogP contribution in [0, 0.1) is 0 Å². The van der Waals surface area contributed by atoms with Gasteiger partial charge in [0.15, 0.2) is 11.0 Å². The van der Waals surface area contributed by atoms with Gasteiger partial charge in [0.2, 0.25) is 0 Å². The molecule has 0 unspecified atom stereocenters. The maximum absolute atomic E-state index is 9.34. The van der Waals surface area contributed by atoms with Crippen LogP contribution >= 0.6 is 11.8 Å². The molecular formula is C16H18N4OS. The minimum Gasteiger partial charge on any atom is -0.388 e. The van der Waals surface area contributed by atoms with E-state index in [4.69, 9.17) is 0 Å². The average Bonchev–Trinajstić information content (AvgIpc) is 2.95. The fourth-order valence-corrected chi connectivity index (χ4v) is 3.39. The first kappa shape index (κ1) is 15.0. The number of para-hydroxylation sites is 1. The van der Waals surface area contributed by atoms with Crippen LogP contribution in [-0.2, 0) is 18.9 Å². The third-order valence-corrected chi connectivity index (χ3v) is 4.47. The van der Waals surface area contributed by atoms with Gasteiger partial charge in [-0.1, -0.05) is 43.0 Å². The van der Waals surface area contributed by atoms with Crippen molar-refractivity contribution < 1.29 is 5.11 Å². The van der Waals surface area contributed by atoms with Gasteiger partial charge in [0.05, 0.1) is 5.52 Å². The van der Waals surface area contributed by atoms with Crippen LogP contribution in [0.1, 0.15) is 24.7 Å². The van der Waals surface area contributed by atoms with Gasteiger partial charge in [0, 0.05) is 23.9 Å². The van der Waals surface area contributed by atoms with Crippen molar-refractivity contribution in [3.8, 4) is 0 Å². The zero-order chi connectivity index (χ0) is 15.4. The first-order valence-electron chi connectivity index (χ1n) is 7.32. The van der Waals surface area contributed by atoms with E-state index in [-0.39, 0.29) is 6.61 Å². The number of benzene rings is 1. The van der Waals surface area contributed by atoms with Gasteiger partial charge in [0.1, 0.15) is 6.61 Å². The molecule has 22 heavy (non-hydrogen) atoms. The van der Waals surface area contributed by atoms with Crippen molar-refractivity contribution in [2.45, 2.75) is 37.4 Å². The number of rotatable bonds is 6. The molecule has 5 nitrogen and oxygen atoms in total. The Bertz CT molecular complexity index is 766. The van der Waals surface area contributed by atoms with Crippen molar-refractivity contribution in [2.75, 3.05) is 0 Å². The van der Waals surface area contributed by atoms with Crippen molar-refractivity contribution in [1.82, 2.24) is 19.7 Å². The third-order valence-electron chi connectivity index (χ3n) is 3.46. The Hall–Kier alpha value is -1.92. The van der Waals surface area contributed by atoms with Crippen molar-refractivity contribution in [2.24, 2.45) is 0 Å². The van der Waals surface area contributed by atoms with E-state index in [1.807, 2.05) is 16.8 Å². The van der Waals surface area contributed by atoms with Gasteiger partial charge in [-0.25, -0.2) is 0 Å². The summed E-state index contributed by atoms with van der Waals surface area (Å²) >= 11 is 1.63. The van der Waals surface area contributed by atoms with Gasteiger partial charge in [-0.15, -0.1) is 10.2 Å². The molecule has 1 aromatic carbocycles. The van der Waals surface area contributed by atoms with Crippen molar-refractivity contribution in [1.29, 1.82) is 0 Å². The summed E-state index contributed by atoms with van der Waals surface area (Å²) in [7, 11) is 0. The third kappa shape index (κ3) is 2.98. The number of pyridine rings is 1. The minimum absolute atomic E-state index is 0.0800. The fraction of sp³-hybridized carbons (Fsp3) is 0.312. The highest BCUT2D eigenvalue weighted by molar-refractivity contribution is 7.98. The summed E-state index contributed by atoms with van der Waals surface area (Å²) in [4.78, 5) is 4.48. The number of aliphatic hydroxyl groups excluding tert-OH is 1. The molecule has 0 saturated heterocycles. The van der Waals surface area contributed by atoms with Crippen LogP contribution in [0.2, 0.25) is 0 Å². The Kier molecular flexibility index (Phi) is 4.70. The van der Waals surface area contributed by atoms with Gasteiger partial charge in [-0.05, 0) is 18.1 Å². The Morgan fingerprint density at radius 1 is 1.18 bits per heavy atom. The van der Waals surface area contributed by atoms with Gasteiger partial charge >= 0.3 is 0 Å². The molecule has 2 aromatic heterocycles. The molecule has 0 aliphatic carbocycles. The summed E-state index contributed by atoms with van der Waals surface area (Å²) in [6.45, 7) is 2.84. The number of hydrogen-bond acceptors (Lipinski definition) is 5. The molecule has 0 aliphatic rings. The largest absolute Gasteiger partial charge is 0.388 e. The fourth-order valence-electron chi connectivity index (χ4n) is 2.42. The lowest BCUT2D eigenvalue weighted by Gasteiger charge is -2.08. The molecule has 114 valence electrons. The molecule has 3 rings (SSSR count). The SMILES string of the molecule is CCCn1c(CO)nnc1SCc1cccc2cccnc12. The highest BCUT2D eigenvalue weighted by atomic mass is 32.2. The van der Waals surface area contributed by atoms with Crippen LogP contribution in [0.5, 0.6) is 0 Å². The summed E-state index contributed by atoms with van der Waals surface area (Å²) in [5, 5.41) is 19.6. The lowest BCUT2D eigenvalue weighted by Crippen LogP contribution is -2.04. The number of aromatic nitrogens is 4. The molecule has 6 heteroatoms. The highest BCUT2D eigenvalue weighted by Gasteiger charge is 2.12. The van der Waals surface area contributed by atoms with Crippen LogP contribution in [0.3, 0.4) is 0 Å². The maximum Gasteiger partial charge on any atom is 0.191 e. The second kappa shape index (κ2) is 6.89. The summed E-state index contributed by atoms with van der Waals surface area (Å²) in [5.41, 5.74) is 2.21. The average molecular weight is 314 g/mol. The van der Waals surface area contributed by atoms with E-state index in [9.17, 15) is 5.11 Å². The van der Waals surface area contributed by atoms with E-state index in [2.05, 4.69) is 46.4 Å². The van der Waals surface area contributed by atoms with Gasteiger partial charge in [0.25, 0.3) is 0 Å². The molecule has 0 saturated carbocycles. The quantitative estimate of drug-likeness (QED) is 0.709. The minimum atomic E-state index is -0.0800. The van der Waals surface area contributed by atoms with E-state index in [0.29, 0.717) is 5.82 Å². The molecule has 0 aliphatic heterocycles. The number of aliphatic hydroxyl groups is 1. The van der Waals surface area contributed by atoms with Crippen LogP contribution in [0.25, 0.3) is 10.9 Å². The predicted octanol–water partition coefficient (Wildman–Crippen LogP) is 3.02. The van der Waals surface area contributed by atoms with E-state index in [1.165, 1.54) is 5.56 Å². The van der Waals surface area contributed by atoms with E-state index in [0.717, 1.165) is 34.8 Å². The molecule has 0 bridgehead atoms. The van der Waals surface area contributed by atoms with Crippen LogP contribution in [0.4, 0.5) is 0 Å². The van der Waals surface area contributed by atoms with Gasteiger partial charge < -0.3 is 9.67 Å². The zero-order valence-electron chi connectivity index (χ0n) is 12.4. The molecule has 0 atom stereocenters. The first-order valence-corrected chi connectivity index (χ1v) is 8.30. The molecule has 0 spiro atoms. The van der Waals surface area contributed by atoms with E-state index < -0.39 is 0 Å². The van der Waals surface area contributed by atoms with Crippen molar-refractivity contribution in [3.63, 3.8) is 0 Å². The highest BCUT2D eigenvalue weighted by Crippen LogP contribution is 2.26. The van der Waals surface area contributed by atoms with E-state index >= 15 is 0 Å². The Morgan fingerprint density at radius 3 is 2.86 bits per heavy atom. The number of thioether (sulfide) groups is 1. The Labute approximate surface area is 133 Å². The van der Waals surface area contributed by atoms with E-state index in [1.54, 1.807) is 11.8 Å². The predicted molar refractivity (Wildman–Crippen MR) is 87.5 cm³/mol. The molecule has 0 fully saturated rings. The summed E-state index contributed by atoms with van der Waals surface area (Å²) < 4.78 is 1.99. The standard InChI is InChI=1S/C16H18N4OS/c1-2-9-20-14(10-21)18-19-16(20)22-11-13-6-3-5-12-7-4-8-17-15(12)13/h3-8,21H,2,9-11H2,1H3. The topological polar surface area (TPSA) is 63.8 Å². The lowest BCUT2D eigenvalue weighted by atomic mass is 10.1. The van der Waals surface area contributed by atoms with Crippen LogP contribution < -0.4 is 0 Å². The summed E-state index contributed by atoms with van der Waals surface area (Å²) in [5.74, 6) is 1.40. The lowest BCUT2D eigenvalue weighted by molar-refractivity contribution is 0.263. The molecule has 2 heterocycles. The number of fused-ring (bicyclic) bond motifs is 1. The molecule has 0 amide bonds. The number of hydrogen-bond donors (Lipinski definition) is 1. The van der Waals surface area contributed by atoms with Crippen LogP contribution in [-0.4, -0.2) is 24.9 Å². The first-order chi connectivity index (χ1) is 10.8. The van der Waals surface area contributed by atoms with Crippen LogP contribution in [0.15, 0.2) is 41.7 Å².